The van der Waals surface area contributed by atoms with Gasteiger partial charge in [-0.3, -0.25) is 29.5 Å². The fraction of sp³-hybridized carbons (Fsp3) is 0.391. The van der Waals surface area contributed by atoms with Gasteiger partial charge in [0.1, 0.15) is 12.3 Å². The largest absolute Gasteiger partial charge is 0.482 e. The Morgan fingerprint density at radius 3 is 2.72 bits per heavy atom. The molecule has 0 spiro atoms. The van der Waals surface area contributed by atoms with E-state index in [0.717, 1.165) is 26.1 Å². The minimum atomic E-state index is -0.531. The SMILES string of the molecule is Cc1ccccc1CN1CCCN(C(=O)CN2C(=O)COc3ccc([N+](=O)[O-])cc32)CC1. The highest BCUT2D eigenvalue weighted by Gasteiger charge is 2.31. The van der Waals surface area contributed by atoms with Crippen molar-refractivity contribution in [2.75, 3.05) is 44.2 Å². The normalized spacial score (nSPS) is 16.8. The quantitative estimate of drug-likeness (QED) is 0.525. The highest BCUT2D eigenvalue weighted by atomic mass is 16.6. The minimum absolute atomic E-state index is 0.152. The van der Waals surface area contributed by atoms with E-state index in [0.29, 0.717) is 18.8 Å². The number of anilines is 1. The highest BCUT2D eigenvalue weighted by molar-refractivity contribution is 6.02. The van der Waals surface area contributed by atoms with E-state index in [-0.39, 0.29) is 36.3 Å². The molecule has 9 nitrogen and oxygen atoms in total. The van der Waals surface area contributed by atoms with Crippen LogP contribution in [0.1, 0.15) is 17.5 Å². The molecule has 0 unspecified atom stereocenters. The van der Waals surface area contributed by atoms with Gasteiger partial charge < -0.3 is 9.64 Å². The maximum absolute atomic E-state index is 13.1. The van der Waals surface area contributed by atoms with Crippen LogP contribution in [0, 0.1) is 17.0 Å². The van der Waals surface area contributed by atoms with Crippen LogP contribution in [0.25, 0.3) is 0 Å². The molecule has 32 heavy (non-hydrogen) atoms. The lowest BCUT2D eigenvalue weighted by molar-refractivity contribution is -0.384. The number of non-ortho nitro benzene ring substituents is 1. The number of carbonyl (C=O) groups excluding carboxylic acids is 2. The van der Waals surface area contributed by atoms with Gasteiger partial charge in [-0.25, -0.2) is 0 Å². The molecule has 0 N–H and O–H groups in total. The third-order valence-corrected chi connectivity index (χ3v) is 5.99. The number of nitro groups is 1. The molecule has 2 aliphatic heterocycles. The van der Waals surface area contributed by atoms with Gasteiger partial charge in [0.25, 0.3) is 11.6 Å². The summed E-state index contributed by atoms with van der Waals surface area (Å²) in [6, 6.07) is 12.4. The van der Waals surface area contributed by atoms with Crippen LogP contribution < -0.4 is 9.64 Å². The van der Waals surface area contributed by atoms with E-state index in [1.54, 1.807) is 4.90 Å². The Kier molecular flexibility index (Phi) is 6.36. The van der Waals surface area contributed by atoms with E-state index >= 15 is 0 Å². The Bertz CT molecular complexity index is 1040. The first-order chi connectivity index (χ1) is 15.4. The fourth-order valence-corrected chi connectivity index (χ4v) is 4.12. The summed E-state index contributed by atoms with van der Waals surface area (Å²) in [5, 5.41) is 11.1. The second-order valence-corrected chi connectivity index (χ2v) is 8.11. The molecule has 2 aromatic carbocycles. The molecule has 2 aromatic rings. The van der Waals surface area contributed by atoms with Crippen LogP contribution in [0.15, 0.2) is 42.5 Å². The van der Waals surface area contributed by atoms with Crippen LogP contribution in [0.5, 0.6) is 5.75 Å². The molecule has 0 bridgehead atoms. The van der Waals surface area contributed by atoms with Gasteiger partial charge in [0.05, 0.1) is 10.6 Å². The van der Waals surface area contributed by atoms with Crippen LogP contribution in [0.4, 0.5) is 11.4 Å². The second kappa shape index (κ2) is 9.35. The lowest BCUT2D eigenvalue weighted by Crippen LogP contribution is -2.47. The van der Waals surface area contributed by atoms with Crippen LogP contribution in [-0.2, 0) is 16.1 Å². The molecule has 9 heteroatoms. The standard InChI is InChI=1S/C23H26N4O5/c1-17-5-2-3-6-18(17)14-24-9-4-10-25(12-11-24)22(28)15-26-20-13-19(27(30)31)7-8-21(20)32-16-23(26)29/h2-3,5-8,13H,4,9-12,14-16H2,1H3. The summed E-state index contributed by atoms with van der Waals surface area (Å²) in [4.78, 5) is 41.5. The summed E-state index contributed by atoms with van der Waals surface area (Å²) in [5.74, 6) is -0.193. The third kappa shape index (κ3) is 4.72. The smallest absolute Gasteiger partial charge is 0.271 e. The van der Waals surface area contributed by atoms with E-state index in [4.69, 9.17) is 4.74 Å². The lowest BCUT2D eigenvalue weighted by Gasteiger charge is -2.30. The maximum atomic E-state index is 13.1. The molecule has 1 saturated heterocycles. The first-order valence-electron chi connectivity index (χ1n) is 10.7. The second-order valence-electron chi connectivity index (χ2n) is 8.11. The Morgan fingerprint density at radius 1 is 1.12 bits per heavy atom. The van der Waals surface area contributed by atoms with Crippen LogP contribution in [0.2, 0.25) is 0 Å². The van der Waals surface area contributed by atoms with Crippen LogP contribution in [0.3, 0.4) is 0 Å². The number of hydrogen-bond donors (Lipinski definition) is 0. The number of ether oxygens (including phenoxy) is 1. The van der Waals surface area contributed by atoms with Crippen molar-refractivity contribution in [3.05, 3.63) is 63.7 Å². The molecule has 2 heterocycles. The highest BCUT2D eigenvalue weighted by Crippen LogP contribution is 2.35. The summed E-state index contributed by atoms with van der Waals surface area (Å²) in [6.45, 7) is 5.42. The number of hydrogen-bond acceptors (Lipinski definition) is 6. The molecule has 2 amide bonds. The Balaban J connectivity index is 1.42. The molecule has 0 saturated carbocycles. The zero-order valence-electron chi connectivity index (χ0n) is 18.0. The van der Waals surface area contributed by atoms with Gasteiger partial charge in [0.15, 0.2) is 6.61 Å². The molecule has 0 aromatic heterocycles. The van der Waals surface area contributed by atoms with Crippen LogP contribution in [-0.4, -0.2) is 65.9 Å². The minimum Gasteiger partial charge on any atom is -0.482 e. The topological polar surface area (TPSA) is 96.2 Å². The summed E-state index contributed by atoms with van der Waals surface area (Å²) in [7, 11) is 0. The van der Waals surface area contributed by atoms with Gasteiger partial charge in [-0.2, -0.15) is 0 Å². The molecular weight excluding hydrogens is 412 g/mol. The first-order valence-corrected chi connectivity index (χ1v) is 10.7. The van der Waals surface area contributed by atoms with Crippen molar-refractivity contribution in [2.24, 2.45) is 0 Å². The monoisotopic (exact) mass is 438 g/mol. The number of fused-ring (bicyclic) bond motifs is 1. The average molecular weight is 438 g/mol. The van der Waals surface area contributed by atoms with Crippen LogP contribution >= 0.6 is 0 Å². The number of benzene rings is 2. The first kappa shape index (κ1) is 21.8. The zero-order valence-corrected chi connectivity index (χ0v) is 18.0. The Hall–Kier alpha value is -3.46. The summed E-state index contributed by atoms with van der Waals surface area (Å²) >= 11 is 0. The zero-order chi connectivity index (χ0) is 22.7. The lowest BCUT2D eigenvalue weighted by atomic mass is 10.1. The van der Waals surface area contributed by atoms with Gasteiger partial charge in [-0.05, 0) is 30.5 Å². The van der Waals surface area contributed by atoms with Crippen molar-refractivity contribution in [1.82, 2.24) is 9.80 Å². The van der Waals surface area contributed by atoms with Gasteiger partial charge >= 0.3 is 0 Å². The van der Waals surface area contributed by atoms with Crippen molar-refractivity contribution in [2.45, 2.75) is 19.9 Å². The van der Waals surface area contributed by atoms with Crippen molar-refractivity contribution in [3.8, 4) is 5.75 Å². The molecule has 1 fully saturated rings. The summed E-state index contributed by atoms with van der Waals surface area (Å²) in [6.07, 6.45) is 0.844. The molecule has 168 valence electrons. The Labute approximate surface area is 186 Å². The van der Waals surface area contributed by atoms with E-state index in [1.807, 2.05) is 12.1 Å². The predicted octanol–water partition coefficient (Wildman–Crippen LogP) is 2.36. The Morgan fingerprint density at radius 2 is 1.94 bits per heavy atom. The van der Waals surface area contributed by atoms with E-state index in [1.165, 1.54) is 34.2 Å². The predicted molar refractivity (Wildman–Crippen MR) is 119 cm³/mol. The molecule has 0 radical (unpaired) electrons. The van der Waals surface area contributed by atoms with Gasteiger partial charge in [-0.15, -0.1) is 0 Å². The van der Waals surface area contributed by atoms with E-state index in [2.05, 4.69) is 24.0 Å². The third-order valence-electron chi connectivity index (χ3n) is 5.99. The molecule has 0 aliphatic carbocycles. The average Bonchev–Trinajstić information content (AvgIpc) is 3.02. The van der Waals surface area contributed by atoms with Gasteiger partial charge in [0.2, 0.25) is 5.91 Å². The molecule has 0 atom stereocenters. The van der Waals surface area contributed by atoms with Gasteiger partial charge in [0, 0.05) is 44.9 Å². The number of nitro benzene ring substituents is 1. The number of carbonyl (C=O) groups is 2. The number of rotatable bonds is 5. The van der Waals surface area contributed by atoms with E-state index < -0.39 is 4.92 Å². The molecule has 4 rings (SSSR count). The number of amides is 2. The number of nitrogens with zero attached hydrogens (tertiary/aromatic N) is 4. The molecular formula is C23H26N4O5. The van der Waals surface area contributed by atoms with Crippen molar-refractivity contribution < 1.29 is 19.2 Å². The van der Waals surface area contributed by atoms with Crippen molar-refractivity contribution in [1.29, 1.82) is 0 Å². The summed E-state index contributed by atoms with van der Waals surface area (Å²) < 4.78 is 5.38. The molecule has 2 aliphatic rings. The van der Waals surface area contributed by atoms with Gasteiger partial charge in [-0.1, -0.05) is 24.3 Å². The maximum Gasteiger partial charge on any atom is 0.271 e. The van der Waals surface area contributed by atoms with Crippen molar-refractivity contribution in [3.63, 3.8) is 0 Å². The van der Waals surface area contributed by atoms with Crippen molar-refractivity contribution >= 4 is 23.2 Å². The fourth-order valence-electron chi connectivity index (χ4n) is 4.12. The number of aryl methyl sites for hydroxylation is 1. The summed E-state index contributed by atoms with van der Waals surface area (Å²) in [5.41, 5.74) is 2.65. The van der Waals surface area contributed by atoms with E-state index in [9.17, 15) is 19.7 Å².